The Morgan fingerprint density at radius 2 is 1.59 bits per heavy atom. The molecule has 0 saturated heterocycles. The van der Waals surface area contributed by atoms with Crippen molar-refractivity contribution in [2.45, 2.75) is 20.3 Å². The summed E-state index contributed by atoms with van der Waals surface area (Å²) in [6.07, 6.45) is 0.173. The zero-order valence-electron chi connectivity index (χ0n) is 9.48. The lowest BCUT2D eigenvalue weighted by atomic mass is 9.94. The van der Waals surface area contributed by atoms with E-state index in [4.69, 9.17) is 10.2 Å². The predicted octanol–water partition coefficient (Wildman–Crippen LogP) is 1.98. The van der Waals surface area contributed by atoms with Crippen molar-refractivity contribution in [3.05, 3.63) is 34.4 Å². The Labute approximate surface area is 97.7 Å². The van der Waals surface area contributed by atoms with E-state index in [0.29, 0.717) is 0 Å². The summed E-state index contributed by atoms with van der Waals surface area (Å²) in [5.74, 6) is -2.81. The highest BCUT2D eigenvalue weighted by atomic mass is 16.4. The lowest BCUT2D eigenvalue weighted by Crippen LogP contribution is -2.13. The largest absolute Gasteiger partial charge is 0.478 e. The fraction of sp³-hybridized carbons (Fsp3) is 0.250. The van der Waals surface area contributed by atoms with Gasteiger partial charge in [-0.25, -0.2) is 9.59 Å². The average Bonchev–Trinajstić information content (AvgIpc) is 2.26. The van der Waals surface area contributed by atoms with Crippen LogP contribution in [0.3, 0.4) is 0 Å². The third-order valence-electron chi connectivity index (χ3n) is 2.53. The van der Waals surface area contributed by atoms with Gasteiger partial charge in [0.05, 0.1) is 11.1 Å². The minimum Gasteiger partial charge on any atom is -0.478 e. The summed E-state index contributed by atoms with van der Waals surface area (Å²) in [5, 5.41) is 17.9. The Morgan fingerprint density at radius 3 is 2.00 bits per heavy atom. The summed E-state index contributed by atoms with van der Waals surface area (Å²) < 4.78 is 0. The van der Waals surface area contributed by atoms with E-state index in [2.05, 4.69) is 0 Å². The molecule has 0 unspecified atom stereocenters. The van der Waals surface area contributed by atoms with Gasteiger partial charge >= 0.3 is 11.9 Å². The van der Waals surface area contributed by atoms with Crippen LogP contribution in [-0.2, 0) is 0 Å². The summed E-state index contributed by atoms with van der Waals surface area (Å²) in [6.45, 7) is 3.01. The Bertz CT molecular complexity index is 502. The van der Waals surface area contributed by atoms with Crippen LogP contribution in [0.4, 0.5) is 0 Å². The third-order valence-corrected chi connectivity index (χ3v) is 2.53. The van der Waals surface area contributed by atoms with Gasteiger partial charge in [0.1, 0.15) is 0 Å². The standard InChI is InChI=1S/C12H12O5/c1-3-9(13)8-5-4-7(11(14)15)6(2)10(8)12(16)17/h4-5H,3H2,1-2H3,(H,14,15)(H,16,17). The van der Waals surface area contributed by atoms with Crippen molar-refractivity contribution in [1.82, 2.24) is 0 Å². The molecule has 0 aromatic heterocycles. The summed E-state index contributed by atoms with van der Waals surface area (Å²) in [5.41, 5.74) is -0.168. The van der Waals surface area contributed by atoms with Crippen molar-refractivity contribution >= 4 is 17.7 Å². The highest BCUT2D eigenvalue weighted by Gasteiger charge is 2.22. The van der Waals surface area contributed by atoms with E-state index in [9.17, 15) is 14.4 Å². The maximum atomic E-state index is 11.6. The number of carboxylic acids is 2. The van der Waals surface area contributed by atoms with Crippen LogP contribution >= 0.6 is 0 Å². The Morgan fingerprint density at radius 1 is 1.06 bits per heavy atom. The molecule has 0 bridgehead atoms. The number of benzene rings is 1. The smallest absolute Gasteiger partial charge is 0.336 e. The topological polar surface area (TPSA) is 91.7 Å². The van der Waals surface area contributed by atoms with E-state index >= 15 is 0 Å². The fourth-order valence-corrected chi connectivity index (χ4v) is 1.64. The van der Waals surface area contributed by atoms with Crippen LogP contribution in [0.2, 0.25) is 0 Å². The Kier molecular flexibility index (Phi) is 3.62. The second kappa shape index (κ2) is 4.78. The molecule has 1 rings (SSSR count). The molecule has 0 spiro atoms. The van der Waals surface area contributed by atoms with Gasteiger partial charge in [-0.05, 0) is 24.6 Å². The van der Waals surface area contributed by atoms with Crippen LogP contribution in [0.1, 0.15) is 50.0 Å². The van der Waals surface area contributed by atoms with E-state index < -0.39 is 11.9 Å². The van der Waals surface area contributed by atoms with Gasteiger partial charge < -0.3 is 10.2 Å². The zero-order chi connectivity index (χ0) is 13.2. The lowest BCUT2D eigenvalue weighted by Gasteiger charge is -2.09. The van der Waals surface area contributed by atoms with Crippen LogP contribution in [0.25, 0.3) is 0 Å². The summed E-state index contributed by atoms with van der Waals surface area (Å²) in [4.78, 5) is 33.5. The number of carbonyl (C=O) groups excluding carboxylic acids is 1. The number of carboxylic acid groups (broad SMARTS) is 2. The van der Waals surface area contributed by atoms with Crippen LogP contribution in [0.5, 0.6) is 0 Å². The first-order valence-electron chi connectivity index (χ1n) is 5.03. The molecule has 17 heavy (non-hydrogen) atoms. The van der Waals surface area contributed by atoms with Crippen molar-refractivity contribution in [2.24, 2.45) is 0 Å². The molecular weight excluding hydrogens is 224 g/mol. The van der Waals surface area contributed by atoms with Gasteiger partial charge in [0, 0.05) is 12.0 Å². The highest BCUT2D eigenvalue weighted by molar-refractivity contribution is 6.08. The van der Waals surface area contributed by atoms with Gasteiger partial charge in [-0.3, -0.25) is 4.79 Å². The first-order chi connectivity index (χ1) is 7.90. The molecule has 0 aliphatic rings. The molecular formula is C12H12O5. The van der Waals surface area contributed by atoms with Gasteiger partial charge in [0.15, 0.2) is 5.78 Å². The quantitative estimate of drug-likeness (QED) is 0.780. The second-order valence-corrected chi connectivity index (χ2v) is 3.55. The minimum atomic E-state index is -1.29. The average molecular weight is 236 g/mol. The number of aromatic carboxylic acids is 2. The number of carbonyl (C=O) groups is 3. The summed E-state index contributed by atoms with van der Waals surface area (Å²) >= 11 is 0. The first-order valence-corrected chi connectivity index (χ1v) is 5.03. The molecule has 0 atom stereocenters. The maximum Gasteiger partial charge on any atom is 0.336 e. The first kappa shape index (κ1) is 12.9. The van der Waals surface area contributed by atoms with Gasteiger partial charge in [-0.2, -0.15) is 0 Å². The van der Waals surface area contributed by atoms with Gasteiger partial charge in [-0.15, -0.1) is 0 Å². The number of hydrogen-bond acceptors (Lipinski definition) is 3. The fourth-order valence-electron chi connectivity index (χ4n) is 1.64. The van der Waals surface area contributed by atoms with Gasteiger partial charge in [0.25, 0.3) is 0 Å². The molecule has 0 saturated carbocycles. The Balaban J connectivity index is 3.56. The van der Waals surface area contributed by atoms with Crippen LogP contribution < -0.4 is 0 Å². The maximum absolute atomic E-state index is 11.6. The van der Waals surface area contributed by atoms with E-state index in [1.165, 1.54) is 19.1 Å². The SMILES string of the molecule is CCC(=O)c1ccc(C(=O)O)c(C)c1C(=O)O. The third kappa shape index (κ3) is 2.33. The van der Waals surface area contributed by atoms with Crippen molar-refractivity contribution in [3.63, 3.8) is 0 Å². The van der Waals surface area contributed by atoms with E-state index in [0.717, 1.165) is 0 Å². The van der Waals surface area contributed by atoms with E-state index in [-0.39, 0.29) is 34.5 Å². The molecule has 0 aliphatic heterocycles. The van der Waals surface area contributed by atoms with Crippen LogP contribution in [-0.4, -0.2) is 27.9 Å². The molecule has 5 nitrogen and oxygen atoms in total. The number of rotatable bonds is 4. The molecule has 0 radical (unpaired) electrons. The van der Waals surface area contributed by atoms with Crippen molar-refractivity contribution in [1.29, 1.82) is 0 Å². The van der Waals surface area contributed by atoms with Crippen LogP contribution in [0.15, 0.2) is 12.1 Å². The zero-order valence-corrected chi connectivity index (χ0v) is 9.48. The van der Waals surface area contributed by atoms with Crippen LogP contribution in [0, 0.1) is 6.92 Å². The molecule has 0 fully saturated rings. The number of Topliss-reactive ketones (excluding diaryl/α,β-unsaturated/α-hetero) is 1. The number of ketones is 1. The second-order valence-electron chi connectivity index (χ2n) is 3.55. The van der Waals surface area contributed by atoms with Crippen molar-refractivity contribution in [2.75, 3.05) is 0 Å². The highest BCUT2D eigenvalue weighted by Crippen LogP contribution is 2.20. The molecule has 0 aliphatic carbocycles. The predicted molar refractivity (Wildman–Crippen MR) is 59.7 cm³/mol. The molecule has 1 aromatic carbocycles. The monoisotopic (exact) mass is 236 g/mol. The summed E-state index contributed by atoms with van der Waals surface area (Å²) in [7, 11) is 0. The Hall–Kier alpha value is -2.17. The normalized spacial score (nSPS) is 10.0. The molecule has 2 N–H and O–H groups in total. The minimum absolute atomic E-state index is 0.0579. The lowest BCUT2D eigenvalue weighted by molar-refractivity contribution is 0.0690. The van der Waals surface area contributed by atoms with Gasteiger partial charge in [0.2, 0.25) is 0 Å². The molecule has 0 amide bonds. The molecule has 90 valence electrons. The number of hydrogen-bond donors (Lipinski definition) is 2. The molecule has 5 heteroatoms. The summed E-state index contributed by atoms with van der Waals surface area (Å²) in [6, 6.07) is 2.51. The van der Waals surface area contributed by atoms with E-state index in [1.807, 2.05) is 0 Å². The van der Waals surface area contributed by atoms with E-state index in [1.54, 1.807) is 6.92 Å². The van der Waals surface area contributed by atoms with Gasteiger partial charge in [-0.1, -0.05) is 6.92 Å². The molecule has 0 heterocycles. The van der Waals surface area contributed by atoms with Crippen molar-refractivity contribution in [3.8, 4) is 0 Å². The molecule has 1 aromatic rings. The van der Waals surface area contributed by atoms with Crippen molar-refractivity contribution < 1.29 is 24.6 Å².